The summed E-state index contributed by atoms with van der Waals surface area (Å²) in [6.45, 7) is 5.14. The van der Waals surface area contributed by atoms with Crippen molar-refractivity contribution in [3.05, 3.63) is 48.3 Å². The molecule has 4 nitrogen and oxygen atoms in total. The van der Waals surface area contributed by atoms with Gasteiger partial charge in [0.05, 0.1) is 6.61 Å². The number of Topliss-reactive ketones (excluding diaryl/α,β-unsaturated/α-hetero) is 1. The van der Waals surface area contributed by atoms with Crippen LogP contribution in [0.4, 0.5) is 0 Å². The number of aromatic nitrogens is 2. The van der Waals surface area contributed by atoms with Gasteiger partial charge in [-0.25, -0.2) is 0 Å². The Labute approximate surface area is 113 Å². The number of benzene rings is 1. The van der Waals surface area contributed by atoms with E-state index in [-0.39, 0.29) is 12.3 Å². The van der Waals surface area contributed by atoms with Crippen molar-refractivity contribution in [2.45, 2.75) is 20.4 Å². The molecule has 0 bridgehead atoms. The molecule has 1 aromatic carbocycles. The van der Waals surface area contributed by atoms with Gasteiger partial charge in [0, 0.05) is 18.0 Å². The van der Waals surface area contributed by atoms with E-state index >= 15 is 0 Å². The fourth-order valence-corrected chi connectivity index (χ4v) is 1.63. The largest absolute Gasteiger partial charge is 0.493 e. The van der Waals surface area contributed by atoms with Crippen LogP contribution in [-0.4, -0.2) is 22.2 Å². The van der Waals surface area contributed by atoms with E-state index in [1.807, 2.05) is 12.1 Å². The number of hydrogen-bond acceptors (Lipinski definition) is 3. The van der Waals surface area contributed by atoms with Crippen molar-refractivity contribution in [3.63, 3.8) is 0 Å². The van der Waals surface area contributed by atoms with Gasteiger partial charge in [-0.2, -0.15) is 5.10 Å². The van der Waals surface area contributed by atoms with Gasteiger partial charge in [-0.1, -0.05) is 13.8 Å². The standard InChI is InChI=1S/C15H18N2O2/c1-12(2)11-19-14-6-4-13(5-7-14)15(18)10-17-9-3-8-16-17/h3-9,12H,10-11H2,1-2H3. The van der Waals surface area contributed by atoms with E-state index in [4.69, 9.17) is 4.74 Å². The molecule has 0 radical (unpaired) electrons. The summed E-state index contributed by atoms with van der Waals surface area (Å²) in [6, 6.07) is 9.05. The minimum absolute atomic E-state index is 0.0408. The van der Waals surface area contributed by atoms with Crippen LogP contribution in [0, 0.1) is 5.92 Å². The van der Waals surface area contributed by atoms with E-state index < -0.39 is 0 Å². The van der Waals surface area contributed by atoms with E-state index in [0.717, 1.165) is 5.75 Å². The van der Waals surface area contributed by atoms with E-state index in [1.54, 1.807) is 35.3 Å². The molecule has 0 atom stereocenters. The van der Waals surface area contributed by atoms with Crippen molar-refractivity contribution in [2.24, 2.45) is 5.92 Å². The van der Waals surface area contributed by atoms with Gasteiger partial charge in [0.25, 0.3) is 0 Å². The molecule has 0 N–H and O–H groups in total. The third-order valence-electron chi connectivity index (χ3n) is 2.62. The molecule has 0 spiro atoms. The average Bonchev–Trinajstić information content (AvgIpc) is 2.89. The molecule has 0 amide bonds. The summed E-state index contributed by atoms with van der Waals surface area (Å²) in [7, 11) is 0. The lowest BCUT2D eigenvalue weighted by atomic mass is 10.1. The van der Waals surface area contributed by atoms with Crippen LogP contribution in [-0.2, 0) is 6.54 Å². The summed E-state index contributed by atoms with van der Waals surface area (Å²) >= 11 is 0. The highest BCUT2D eigenvalue weighted by Crippen LogP contribution is 2.14. The van der Waals surface area contributed by atoms with Crippen LogP contribution in [0.2, 0.25) is 0 Å². The van der Waals surface area contributed by atoms with Crippen molar-refractivity contribution < 1.29 is 9.53 Å². The topological polar surface area (TPSA) is 44.1 Å². The number of hydrogen-bond donors (Lipinski definition) is 0. The Bertz CT molecular complexity index is 516. The second-order valence-electron chi connectivity index (χ2n) is 4.86. The number of ketones is 1. The zero-order valence-corrected chi connectivity index (χ0v) is 11.2. The minimum Gasteiger partial charge on any atom is -0.493 e. The molecule has 0 unspecified atom stereocenters. The van der Waals surface area contributed by atoms with Gasteiger partial charge in [-0.05, 0) is 36.2 Å². The molecule has 2 rings (SSSR count). The van der Waals surface area contributed by atoms with Gasteiger partial charge in [-0.3, -0.25) is 9.48 Å². The van der Waals surface area contributed by atoms with Gasteiger partial charge in [0.15, 0.2) is 5.78 Å². The fraction of sp³-hybridized carbons (Fsp3) is 0.333. The molecule has 0 saturated carbocycles. The summed E-state index contributed by atoms with van der Waals surface area (Å²) in [5, 5.41) is 4.02. The summed E-state index contributed by atoms with van der Waals surface area (Å²) in [6.07, 6.45) is 3.44. The van der Waals surface area contributed by atoms with Crippen LogP contribution in [0.25, 0.3) is 0 Å². The molecule has 0 aliphatic rings. The summed E-state index contributed by atoms with van der Waals surface area (Å²) < 4.78 is 7.20. The zero-order chi connectivity index (χ0) is 13.7. The molecule has 0 aliphatic carbocycles. The van der Waals surface area contributed by atoms with Crippen LogP contribution in [0.3, 0.4) is 0 Å². The van der Waals surface area contributed by atoms with Gasteiger partial charge >= 0.3 is 0 Å². The molecular formula is C15H18N2O2. The smallest absolute Gasteiger partial charge is 0.184 e. The lowest BCUT2D eigenvalue weighted by Gasteiger charge is -2.09. The molecule has 1 aromatic heterocycles. The first-order chi connectivity index (χ1) is 9.15. The highest BCUT2D eigenvalue weighted by atomic mass is 16.5. The highest BCUT2D eigenvalue weighted by molar-refractivity contribution is 5.95. The lowest BCUT2D eigenvalue weighted by Crippen LogP contribution is -2.10. The van der Waals surface area contributed by atoms with Crippen LogP contribution >= 0.6 is 0 Å². The molecule has 1 heterocycles. The molecule has 100 valence electrons. The monoisotopic (exact) mass is 258 g/mol. The van der Waals surface area contributed by atoms with Gasteiger partial charge < -0.3 is 4.74 Å². The zero-order valence-electron chi connectivity index (χ0n) is 11.2. The lowest BCUT2D eigenvalue weighted by molar-refractivity contribution is 0.0967. The van der Waals surface area contributed by atoms with Gasteiger partial charge in [0.2, 0.25) is 0 Å². The van der Waals surface area contributed by atoms with Crippen molar-refractivity contribution in [2.75, 3.05) is 6.61 Å². The summed E-state index contributed by atoms with van der Waals surface area (Å²) in [5.41, 5.74) is 0.674. The predicted molar refractivity (Wildman–Crippen MR) is 73.3 cm³/mol. The normalized spacial score (nSPS) is 10.7. The minimum atomic E-state index is 0.0408. The number of carbonyl (C=O) groups is 1. The van der Waals surface area contributed by atoms with Crippen molar-refractivity contribution in [1.82, 2.24) is 9.78 Å². The van der Waals surface area contributed by atoms with E-state index in [0.29, 0.717) is 18.1 Å². The van der Waals surface area contributed by atoms with E-state index in [2.05, 4.69) is 18.9 Å². The molecule has 0 aliphatic heterocycles. The first-order valence-electron chi connectivity index (χ1n) is 6.38. The Morgan fingerprint density at radius 2 is 2.05 bits per heavy atom. The van der Waals surface area contributed by atoms with Crippen molar-refractivity contribution in [1.29, 1.82) is 0 Å². The third kappa shape index (κ3) is 3.95. The van der Waals surface area contributed by atoms with E-state index in [9.17, 15) is 4.79 Å². The van der Waals surface area contributed by atoms with Crippen LogP contribution in [0.1, 0.15) is 24.2 Å². The number of carbonyl (C=O) groups excluding carboxylic acids is 1. The van der Waals surface area contributed by atoms with Crippen LogP contribution < -0.4 is 4.74 Å². The second kappa shape index (κ2) is 6.18. The highest BCUT2D eigenvalue weighted by Gasteiger charge is 2.07. The molecule has 2 aromatic rings. The summed E-state index contributed by atoms with van der Waals surface area (Å²) in [5.74, 6) is 1.32. The molecular weight excluding hydrogens is 240 g/mol. The van der Waals surface area contributed by atoms with E-state index in [1.165, 1.54) is 0 Å². The summed E-state index contributed by atoms with van der Waals surface area (Å²) in [4.78, 5) is 12.0. The second-order valence-corrected chi connectivity index (χ2v) is 4.86. The predicted octanol–water partition coefficient (Wildman–Crippen LogP) is 2.80. The first kappa shape index (κ1) is 13.3. The SMILES string of the molecule is CC(C)COc1ccc(C(=O)Cn2cccn2)cc1. The Morgan fingerprint density at radius 1 is 1.32 bits per heavy atom. The Kier molecular flexibility index (Phi) is 4.34. The maximum absolute atomic E-state index is 12.0. The van der Waals surface area contributed by atoms with Crippen molar-refractivity contribution >= 4 is 5.78 Å². The molecule has 0 saturated heterocycles. The molecule has 19 heavy (non-hydrogen) atoms. The number of rotatable bonds is 6. The number of nitrogens with zero attached hydrogens (tertiary/aromatic N) is 2. The van der Waals surface area contributed by atoms with Gasteiger partial charge in [-0.15, -0.1) is 0 Å². The van der Waals surface area contributed by atoms with Crippen molar-refractivity contribution in [3.8, 4) is 5.75 Å². The maximum atomic E-state index is 12.0. The Hall–Kier alpha value is -2.10. The Morgan fingerprint density at radius 3 is 2.63 bits per heavy atom. The van der Waals surface area contributed by atoms with Crippen LogP contribution in [0.15, 0.2) is 42.7 Å². The Balaban J connectivity index is 1.96. The molecule has 0 fully saturated rings. The average molecular weight is 258 g/mol. The quantitative estimate of drug-likeness (QED) is 0.748. The maximum Gasteiger partial charge on any atom is 0.184 e. The van der Waals surface area contributed by atoms with Gasteiger partial charge in [0.1, 0.15) is 12.3 Å². The van der Waals surface area contributed by atoms with Crippen LogP contribution in [0.5, 0.6) is 5.75 Å². The molecule has 4 heteroatoms. The third-order valence-corrected chi connectivity index (χ3v) is 2.62. The fourth-order valence-electron chi connectivity index (χ4n) is 1.63. The number of ether oxygens (including phenoxy) is 1. The first-order valence-corrected chi connectivity index (χ1v) is 6.38.